The number of benzene rings is 2. The van der Waals surface area contributed by atoms with E-state index in [-0.39, 0.29) is 30.2 Å². The Labute approximate surface area is 236 Å². The third kappa shape index (κ3) is 7.69. The molecule has 2 aromatic rings. The van der Waals surface area contributed by atoms with Crippen LogP contribution in [0.4, 0.5) is 5.69 Å². The van der Waals surface area contributed by atoms with Crippen LogP contribution in [0, 0.1) is 0 Å². The molecule has 0 aromatic heterocycles. The first-order valence-corrected chi connectivity index (χ1v) is 14.3. The molecule has 0 unspecified atom stereocenters. The van der Waals surface area contributed by atoms with Crippen molar-refractivity contribution >= 4 is 29.3 Å². The fraction of sp³-hybridized carbons (Fsp3) is 0.484. The standard InChI is InChI=1S/C31H41N5O4/c1-35(19-22-14-12-21(13-15-22)6-2-3-10-27(32)37)20-25(16-17-28(33)38)34-31(40)26-18-24-9-4-7-23-8-5-11-29(39)36(26)30(23)24/h4,7,9,12-15,25-26H,2-3,5-6,8,10-11,16-20H2,1H3,(H2,32,37)(H2,33,38)(H,34,40)/t25-,26-/m0/s1. The monoisotopic (exact) mass is 547 g/mol. The van der Waals surface area contributed by atoms with E-state index >= 15 is 0 Å². The first-order valence-electron chi connectivity index (χ1n) is 14.3. The van der Waals surface area contributed by atoms with E-state index in [0.717, 1.165) is 54.5 Å². The van der Waals surface area contributed by atoms with Crippen molar-refractivity contribution in [3.8, 4) is 0 Å². The Balaban J connectivity index is 1.36. The van der Waals surface area contributed by atoms with Crippen LogP contribution >= 0.6 is 0 Å². The third-order valence-electron chi connectivity index (χ3n) is 7.81. The molecule has 0 saturated heterocycles. The van der Waals surface area contributed by atoms with Gasteiger partial charge >= 0.3 is 0 Å². The molecule has 4 rings (SSSR count). The van der Waals surface area contributed by atoms with Crippen molar-refractivity contribution in [2.45, 2.75) is 82.8 Å². The quantitative estimate of drug-likeness (QED) is 0.312. The number of hydrogen-bond acceptors (Lipinski definition) is 5. The van der Waals surface area contributed by atoms with Crippen LogP contribution in [0.5, 0.6) is 0 Å². The molecule has 2 aliphatic heterocycles. The highest BCUT2D eigenvalue weighted by Gasteiger charge is 2.41. The first-order chi connectivity index (χ1) is 19.2. The van der Waals surface area contributed by atoms with E-state index in [1.54, 1.807) is 4.90 Å². The van der Waals surface area contributed by atoms with Crippen LogP contribution in [0.1, 0.15) is 67.2 Å². The van der Waals surface area contributed by atoms with E-state index in [4.69, 9.17) is 11.5 Å². The molecule has 214 valence electrons. The molecule has 0 spiro atoms. The highest BCUT2D eigenvalue weighted by atomic mass is 16.2. The average Bonchev–Trinajstić information content (AvgIpc) is 3.23. The molecule has 2 aromatic carbocycles. The number of primary amides is 2. The SMILES string of the molecule is CN(Cc1ccc(CCCCC(N)=O)cc1)C[C@H](CCC(N)=O)NC(=O)[C@@H]1Cc2cccc3c2N1C(=O)CCC3. The maximum atomic E-state index is 13.6. The van der Waals surface area contributed by atoms with Gasteiger partial charge in [-0.2, -0.15) is 0 Å². The number of likely N-dealkylation sites (N-methyl/N-ethyl adjacent to an activating group) is 1. The van der Waals surface area contributed by atoms with Gasteiger partial charge in [-0.05, 0) is 67.8 Å². The van der Waals surface area contributed by atoms with Gasteiger partial charge < -0.3 is 21.7 Å². The molecule has 9 heteroatoms. The van der Waals surface area contributed by atoms with E-state index in [2.05, 4.69) is 34.5 Å². The molecule has 2 aliphatic rings. The topological polar surface area (TPSA) is 139 Å². The molecule has 5 N–H and O–H groups in total. The number of amides is 4. The lowest BCUT2D eigenvalue weighted by Crippen LogP contribution is -2.52. The molecule has 0 aliphatic carbocycles. The van der Waals surface area contributed by atoms with Gasteiger partial charge in [0.05, 0.1) is 5.69 Å². The highest BCUT2D eigenvalue weighted by Crippen LogP contribution is 2.39. The van der Waals surface area contributed by atoms with Gasteiger partial charge in [0, 0.05) is 44.8 Å². The van der Waals surface area contributed by atoms with Crippen LogP contribution < -0.4 is 21.7 Å². The summed E-state index contributed by atoms with van der Waals surface area (Å²) in [6.45, 7) is 1.21. The molecule has 4 amide bonds. The molecule has 2 heterocycles. The minimum absolute atomic E-state index is 0.00836. The largest absolute Gasteiger partial charge is 0.370 e. The number of para-hydroxylation sites is 1. The van der Waals surface area contributed by atoms with Gasteiger partial charge in [0.25, 0.3) is 0 Å². The summed E-state index contributed by atoms with van der Waals surface area (Å²) in [5.41, 5.74) is 16.1. The second-order valence-corrected chi connectivity index (χ2v) is 11.2. The van der Waals surface area contributed by atoms with E-state index in [1.807, 2.05) is 25.2 Å². The maximum Gasteiger partial charge on any atom is 0.243 e. The van der Waals surface area contributed by atoms with E-state index in [0.29, 0.717) is 38.8 Å². The Morgan fingerprint density at radius 3 is 2.40 bits per heavy atom. The van der Waals surface area contributed by atoms with Crippen LogP contribution in [0.3, 0.4) is 0 Å². The van der Waals surface area contributed by atoms with Crippen molar-refractivity contribution in [2.24, 2.45) is 11.5 Å². The number of aryl methyl sites for hydroxylation is 2. The molecule has 0 bridgehead atoms. The second kappa shape index (κ2) is 13.6. The highest BCUT2D eigenvalue weighted by molar-refractivity contribution is 6.04. The molecule has 2 atom stereocenters. The van der Waals surface area contributed by atoms with Gasteiger partial charge in [0.2, 0.25) is 23.6 Å². The summed E-state index contributed by atoms with van der Waals surface area (Å²) < 4.78 is 0. The van der Waals surface area contributed by atoms with E-state index in [1.165, 1.54) is 5.56 Å². The van der Waals surface area contributed by atoms with Crippen molar-refractivity contribution in [1.82, 2.24) is 10.2 Å². The number of carbonyl (C=O) groups is 4. The summed E-state index contributed by atoms with van der Waals surface area (Å²) >= 11 is 0. The smallest absolute Gasteiger partial charge is 0.243 e. The lowest BCUT2D eigenvalue weighted by atomic mass is 10.0. The van der Waals surface area contributed by atoms with Crippen molar-refractivity contribution < 1.29 is 19.2 Å². The lowest BCUT2D eigenvalue weighted by Gasteiger charge is -2.29. The summed E-state index contributed by atoms with van der Waals surface area (Å²) in [6.07, 6.45) is 6.15. The summed E-state index contributed by atoms with van der Waals surface area (Å²) in [6, 6.07) is 13.6. The van der Waals surface area contributed by atoms with Crippen molar-refractivity contribution in [3.05, 3.63) is 64.7 Å². The van der Waals surface area contributed by atoms with Crippen molar-refractivity contribution in [1.29, 1.82) is 0 Å². The van der Waals surface area contributed by atoms with Crippen LogP contribution in [0.25, 0.3) is 0 Å². The fourth-order valence-corrected chi connectivity index (χ4v) is 5.85. The van der Waals surface area contributed by atoms with E-state index in [9.17, 15) is 19.2 Å². The van der Waals surface area contributed by atoms with Gasteiger partial charge in [-0.25, -0.2) is 0 Å². The van der Waals surface area contributed by atoms with Crippen LogP contribution in [-0.2, 0) is 45.0 Å². The number of nitrogens with zero attached hydrogens (tertiary/aromatic N) is 2. The van der Waals surface area contributed by atoms with Gasteiger partial charge in [-0.15, -0.1) is 0 Å². The lowest BCUT2D eigenvalue weighted by molar-refractivity contribution is -0.127. The Kier molecular flexibility index (Phi) is 9.93. The summed E-state index contributed by atoms with van der Waals surface area (Å²) in [5, 5.41) is 3.15. The molecule has 9 nitrogen and oxygen atoms in total. The number of anilines is 1. The predicted molar refractivity (Wildman–Crippen MR) is 154 cm³/mol. The molecule has 0 radical (unpaired) electrons. The molecule has 0 fully saturated rings. The Hall–Kier alpha value is -3.72. The number of nitrogens with two attached hydrogens (primary N) is 2. The minimum Gasteiger partial charge on any atom is -0.370 e. The number of hydrogen-bond donors (Lipinski definition) is 3. The van der Waals surface area contributed by atoms with Gasteiger partial charge in [0.1, 0.15) is 6.04 Å². The Morgan fingerprint density at radius 2 is 1.68 bits per heavy atom. The zero-order valence-corrected chi connectivity index (χ0v) is 23.4. The average molecular weight is 548 g/mol. The van der Waals surface area contributed by atoms with Crippen molar-refractivity contribution in [2.75, 3.05) is 18.5 Å². The number of rotatable bonds is 14. The van der Waals surface area contributed by atoms with Gasteiger partial charge in [-0.3, -0.25) is 24.1 Å². The molecular weight excluding hydrogens is 506 g/mol. The molecule has 0 saturated carbocycles. The van der Waals surface area contributed by atoms with Crippen LogP contribution in [0.15, 0.2) is 42.5 Å². The Bertz CT molecular complexity index is 1230. The van der Waals surface area contributed by atoms with Gasteiger partial charge in [0.15, 0.2) is 0 Å². The second-order valence-electron chi connectivity index (χ2n) is 11.2. The molecule has 40 heavy (non-hydrogen) atoms. The van der Waals surface area contributed by atoms with Crippen LogP contribution in [-0.4, -0.2) is 54.2 Å². The normalized spacial score (nSPS) is 16.9. The summed E-state index contributed by atoms with van der Waals surface area (Å²) in [7, 11) is 1.98. The third-order valence-corrected chi connectivity index (χ3v) is 7.81. The Morgan fingerprint density at radius 1 is 0.975 bits per heavy atom. The number of unbranched alkanes of at least 4 members (excludes halogenated alkanes) is 1. The summed E-state index contributed by atoms with van der Waals surface area (Å²) in [4.78, 5) is 52.9. The zero-order chi connectivity index (χ0) is 28.6. The number of carbonyl (C=O) groups excluding carboxylic acids is 4. The maximum absolute atomic E-state index is 13.6. The fourth-order valence-electron chi connectivity index (χ4n) is 5.85. The minimum atomic E-state index is -0.585. The van der Waals surface area contributed by atoms with Crippen LogP contribution in [0.2, 0.25) is 0 Å². The van der Waals surface area contributed by atoms with E-state index < -0.39 is 11.9 Å². The predicted octanol–water partition coefficient (Wildman–Crippen LogP) is 2.36. The first kappa shape index (κ1) is 29.3. The zero-order valence-electron chi connectivity index (χ0n) is 23.4. The number of nitrogens with one attached hydrogen (secondary N) is 1. The molecular formula is C31H41N5O4. The van der Waals surface area contributed by atoms with Crippen molar-refractivity contribution in [3.63, 3.8) is 0 Å². The van der Waals surface area contributed by atoms with Gasteiger partial charge in [-0.1, -0.05) is 42.5 Å². The summed E-state index contributed by atoms with van der Waals surface area (Å²) in [5.74, 6) is -0.873.